The molecule has 7 N–H and O–H groups in total. The number of ether oxygens (including phenoxy) is 4. The van der Waals surface area contributed by atoms with Gasteiger partial charge in [0.15, 0.2) is 6.29 Å². The van der Waals surface area contributed by atoms with Gasteiger partial charge in [0.1, 0.15) is 47.6 Å². The second-order valence-electron chi connectivity index (χ2n) is 8.68. The SMILES string of the molecule is Cc1cc(OC2OC(COC3OCC(O)(CO)C3O)C(O)C(O)C2O)c(C(C)C)cc1O. The van der Waals surface area contributed by atoms with Gasteiger partial charge in [-0.15, -0.1) is 0 Å². The van der Waals surface area contributed by atoms with Crippen molar-refractivity contribution in [2.24, 2.45) is 0 Å². The van der Waals surface area contributed by atoms with E-state index in [1.165, 1.54) is 0 Å². The zero-order valence-corrected chi connectivity index (χ0v) is 18.2. The average Bonchev–Trinajstić information content (AvgIpc) is 3.04. The number of hydrogen-bond donors (Lipinski definition) is 7. The van der Waals surface area contributed by atoms with Crippen LogP contribution in [0.25, 0.3) is 0 Å². The van der Waals surface area contributed by atoms with Crippen LogP contribution in [0.2, 0.25) is 0 Å². The van der Waals surface area contributed by atoms with E-state index >= 15 is 0 Å². The van der Waals surface area contributed by atoms with Crippen LogP contribution in [0, 0.1) is 6.92 Å². The van der Waals surface area contributed by atoms with E-state index in [0.717, 1.165) is 0 Å². The zero-order valence-electron chi connectivity index (χ0n) is 18.2. The Hall–Kier alpha value is -1.54. The van der Waals surface area contributed by atoms with Gasteiger partial charge in [-0.1, -0.05) is 13.8 Å². The lowest BCUT2D eigenvalue weighted by molar-refractivity contribution is -0.289. The van der Waals surface area contributed by atoms with Gasteiger partial charge in [-0.3, -0.25) is 0 Å². The molecule has 32 heavy (non-hydrogen) atoms. The van der Waals surface area contributed by atoms with Crippen molar-refractivity contribution in [2.75, 3.05) is 19.8 Å². The molecule has 0 radical (unpaired) electrons. The maximum atomic E-state index is 10.4. The topological polar surface area (TPSA) is 179 Å². The predicted octanol–water partition coefficient (Wildman–Crippen LogP) is -1.53. The Morgan fingerprint density at radius 3 is 2.38 bits per heavy atom. The second kappa shape index (κ2) is 9.75. The van der Waals surface area contributed by atoms with Gasteiger partial charge in [-0.05, 0) is 30.5 Å². The highest BCUT2D eigenvalue weighted by atomic mass is 16.7. The van der Waals surface area contributed by atoms with Gasteiger partial charge in [0.2, 0.25) is 6.29 Å². The summed E-state index contributed by atoms with van der Waals surface area (Å²) < 4.78 is 22.0. The Morgan fingerprint density at radius 2 is 1.78 bits per heavy atom. The van der Waals surface area contributed by atoms with Crippen molar-refractivity contribution in [3.63, 3.8) is 0 Å². The molecule has 8 unspecified atom stereocenters. The number of rotatable bonds is 7. The van der Waals surface area contributed by atoms with Crippen LogP contribution >= 0.6 is 0 Å². The summed E-state index contributed by atoms with van der Waals surface area (Å²) in [5.74, 6) is 0.397. The molecular weight excluding hydrogens is 428 g/mol. The summed E-state index contributed by atoms with van der Waals surface area (Å²) in [6, 6.07) is 3.14. The number of phenolic OH excluding ortho intramolecular Hbond substituents is 1. The van der Waals surface area contributed by atoms with Crippen LogP contribution < -0.4 is 4.74 Å². The van der Waals surface area contributed by atoms with Gasteiger partial charge < -0.3 is 54.7 Å². The molecule has 2 aliphatic rings. The molecule has 8 atom stereocenters. The molecule has 182 valence electrons. The van der Waals surface area contributed by atoms with Crippen LogP contribution in [-0.4, -0.2) is 104 Å². The highest BCUT2D eigenvalue weighted by molar-refractivity contribution is 5.46. The standard InChI is InChI=1S/C21H32O11/c1-9(2)11-5-12(23)10(3)4-13(11)31-19-17(26)16(25)15(24)14(32-19)6-29-20-18(27)21(28,7-22)8-30-20/h4-5,9,14-20,22-28H,6-8H2,1-3H3. The van der Waals surface area contributed by atoms with Crippen LogP contribution in [0.5, 0.6) is 11.5 Å². The fourth-order valence-corrected chi connectivity index (χ4v) is 3.64. The molecule has 1 aromatic rings. The fourth-order valence-electron chi connectivity index (χ4n) is 3.64. The van der Waals surface area contributed by atoms with Crippen molar-refractivity contribution in [1.29, 1.82) is 0 Å². The minimum absolute atomic E-state index is 0.0295. The van der Waals surface area contributed by atoms with Crippen molar-refractivity contribution in [3.05, 3.63) is 23.3 Å². The second-order valence-corrected chi connectivity index (χ2v) is 8.68. The maximum absolute atomic E-state index is 10.4. The van der Waals surface area contributed by atoms with Gasteiger partial charge in [0.05, 0.1) is 19.8 Å². The van der Waals surface area contributed by atoms with E-state index < -0.39 is 55.3 Å². The molecule has 2 aliphatic heterocycles. The largest absolute Gasteiger partial charge is 0.508 e. The summed E-state index contributed by atoms with van der Waals surface area (Å²) in [4.78, 5) is 0. The molecular formula is C21H32O11. The van der Waals surface area contributed by atoms with E-state index in [4.69, 9.17) is 18.9 Å². The Labute approximate surface area is 185 Å². The number of aryl methyl sites for hydroxylation is 1. The number of phenols is 1. The highest BCUT2D eigenvalue weighted by Gasteiger charge is 2.50. The molecule has 1 aromatic carbocycles. The van der Waals surface area contributed by atoms with Crippen molar-refractivity contribution in [1.82, 2.24) is 0 Å². The smallest absolute Gasteiger partial charge is 0.229 e. The molecule has 3 rings (SSSR count). The first-order chi connectivity index (χ1) is 15.0. The number of aliphatic hydroxyl groups excluding tert-OH is 5. The summed E-state index contributed by atoms with van der Waals surface area (Å²) in [6.07, 6.45) is -10.1. The molecule has 2 saturated heterocycles. The fraction of sp³-hybridized carbons (Fsp3) is 0.714. The zero-order chi connectivity index (χ0) is 23.8. The molecule has 0 amide bonds. The van der Waals surface area contributed by atoms with E-state index in [-0.39, 0.29) is 24.9 Å². The van der Waals surface area contributed by atoms with Crippen LogP contribution in [-0.2, 0) is 14.2 Å². The number of aromatic hydroxyl groups is 1. The molecule has 11 nitrogen and oxygen atoms in total. The lowest BCUT2D eigenvalue weighted by atomic mass is 9.98. The van der Waals surface area contributed by atoms with E-state index in [9.17, 15) is 35.7 Å². The molecule has 0 saturated carbocycles. The third kappa shape index (κ3) is 4.86. The number of aliphatic hydroxyl groups is 6. The Kier molecular flexibility index (Phi) is 7.65. The van der Waals surface area contributed by atoms with Gasteiger partial charge in [0, 0.05) is 5.56 Å². The number of hydrogen-bond acceptors (Lipinski definition) is 11. The van der Waals surface area contributed by atoms with E-state index in [0.29, 0.717) is 16.9 Å². The summed E-state index contributed by atoms with van der Waals surface area (Å²) >= 11 is 0. The monoisotopic (exact) mass is 460 g/mol. The third-order valence-electron chi connectivity index (χ3n) is 5.87. The minimum Gasteiger partial charge on any atom is -0.508 e. The van der Waals surface area contributed by atoms with Gasteiger partial charge in [0.25, 0.3) is 0 Å². The summed E-state index contributed by atoms with van der Waals surface area (Å²) in [5.41, 5.74) is -0.677. The van der Waals surface area contributed by atoms with Crippen molar-refractivity contribution < 1.29 is 54.7 Å². The maximum Gasteiger partial charge on any atom is 0.229 e. The Bertz CT molecular complexity index is 787. The van der Waals surface area contributed by atoms with Crippen molar-refractivity contribution in [2.45, 2.75) is 75.4 Å². The quantitative estimate of drug-likeness (QED) is 0.251. The van der Waals surface area contributed by atoms with Crippen LogP contribution in [0.15, 0.2) is 12.1 Å². The molecule has 0 aliphatic carbocycles. The predicted molar refractivity (Wildman–Crippen MR) is 108 cm³/mol. The Balaban J connectivity index is 1.72. The minimum atomic E-state index is -1.87. The molecule has 0 aromatic heterocycles. The van der Waals surface area contributed by atoms with E-state index in [2.05, 4.69) is 0 Å². The first kappa shape index (κ1) is 25.1. The molecule has 11 heteroatoms. The molecule has 0 spiro atoms. The van der Waals surface area contributed by atoms with Crippen LogP contribution in [0.1, 0.15) is 30.9 Å². The summed E-state index contributed by atoms with van der Waals surface area (Å²) in [6.45, 7) is 4.01. The van der Waals surface area contributed by atoms with Crippen molar-refractivity contribution >= 4 is 0 Å². The van der Waals surface area contributed by atoms with Crippen LogP contribution in [0.4, 0.5) is 0 Å². The van der Waals surface area contributed by atoms with Gasteiger partial charge in [-0.2, -0.15) is 0 Å². The highest BCUT2D eigenvalue weighted by Crippen LogP contribution is 2.35. The molecule has 2 heterocycles. The number of benzene rings is 1. The molecule has 0 bridgehead atoms. The first-order valence-electron chi connectivity index (χ1n) is 10.4. The third-order valence-corrected chi connectivity index (χ3v) is 5.87. The average molecular weight is 460 g/mol. The molecule has 2 fully saturated rings. The van der Waals surface area contributed by atoms with E-state index in [1.54, 1.807) is 19.1 Å². The lowest BCUT2D eigenvalue weighted by Crippen LogP contribution is -2.60. The normalized spacial score (nSPS) is 37.8. The summed E-state index contributed by atoms with van der Waals surface area (Å²) in [7, 11) is 0. The van der Waals surface area contributed by atoms with Crippen molar-refractivity contribution in [3.8, 4) is 11.5 Å². The van der Waals surface area contributed by atoms with Gasteiger partial charge >= 0.3 is 0 Å². The first-order valence-corrected chi connectivity index (χ1v) is 10.4. The lowest BCUT2D eigenvalue weighted by Gasteiger charge is -2.40. The van der Waals surface area contributed by atoms with Crippen LogP contribution in [0.3, 0.4) is 0 Å². The summed E-state index contributed by atoms with van der Waals surface area (Å²) in [5, 5.41) is 70.3. The van der Waals surface area contributed by atoms with E-state index in [1.807, 2.05) is 13.8 Å². The Morgan fingerprint density at radius 1 is 1.09 bits per heavy atom. The van der Waals surface area contributed by atoms with Gasteiger partial charge in [-0.25, -0.2) is 0 Å².